The molecule has 0 bridgehead atoms. The van der Waals surface area contributed by atoms with Gasteiger partial charge in [-0.3, -0.25) is 20.2 Å². The minimum absolute atomic E-state index is 0.0162. The highest BCUT2D eigenvalue weighted by molar-refractivity contribution is 5.87. The van der Waals surface area contributed by atoms with Crippen LogP contribution in [-0.2, 0) is 0 Å². The predicted octanol–water partition coefficient (Wildman–Crippen LogP) is 4.33. The monoisotopic (exact) mass is 487 g/mol. The van der Waals surface area contributed by atoms with Gasteiger partial charge >= 0.3 is 5.69 Å². The fourth-order valence-electron chi connectivity index (χ4n) is 2.97. The van der Waals surface area contributed by atoms with Gasteiger partial charge in [-0.1, -0.05) is 36.4 Å². The molecule has 0 aliphatic heterocycles. The van der Waals surface area contributed by atoms with Crippen molar-refractivity contribution in [2.75, 3.05) is 16.1 Å². The van der Waals surface area contributed by atoms with Gasteiger partial charge in [-0.2, -0.15) is 20.1 Å². The van der Waals surface area contributed by atoms with Crippen molar-refractivity contribution >= 4 is 46.8 Å². The minimum Gasteiger partial charge on any atom is -0.502 e. The van der Waals surface area contributed by atoms with Gasteiger partial charge in [0.1, 0.15) is 0 Å². The molecule has 3 aromatic carbocycles. The molecule has 36 heavy (non-hydrogen) atoms. The number of aromatic nitrogens is 3. The summed E-state index contributed by atoms with van der Waals surface area (Å²) in [7, 11) is 0. The first-order valence-corrected chi connectivity index (χ1v) is 10.2. The van der Waals surface area contributed by atoms with Crippen LogP contribution in [0.3, 0.4) is 0 Å². The van der Waals surface area contributed by atoms with Crippen LogP contribution in [0.25, 0.3) is 0 Å². The summed E-state index contributed by atoms with van der Waals surface area (Å²) < 4.78 is 0. The third-order valence-corrected chi connectivity index (χ3v) is 4.58. The molecule has 4 aromatic rings. The number of rotatable bonds is 9. The quantitative estimate of drug-likeness (QED) is 0.149. The lowest BCUT2D eigenvalue weighted by molar-refractivity contribution is -0.394. The van der Waals surface area contributed by atoms with E-state index < -0.39 is 27.0 Å². The summed E-state index contributed by atoms with van der Waals surface area (Å²) >= 11 is 0. The molecule has 14 heteroatoms. The van der Waals surface area contributed by atoms with Crippen molar-refractivity contribution in [2.45, 2.75) is 0 Å². The molecule has 0 radical (unpaired) electrons. The number of non-ortho nitro benzene ring substituents is 1. The molecular weight excluding hydrogens is 470 g/mol. The molecule has 0 unspecified atom stereocenters. The van der Waals surface area contributed by atoms with Crippen LogP contribution in [0.2, 0.25) is 0 Å². The summed E-state index contributed by atoms with van der Waals surface area (Å²) in [5, 5.41) is 42.4. The predicted molar refractivity (Wildman–Crippen MR) is 132 cm³/mol. The van der Waals surface area contributed by atoms with Crippen LogP contribution in [0.5, 0.6) is 5.75 Å². The number of para-hydroxylation sites is 2. The maximum atomic E-state index is 11.1. The first-order chi connectivity index (χ1) is 17.4. The van der Waals surface area contributed by atoms with E-state index in [-0.39, 0.29) is 23.4 Å². The summed E-state index contributed by atoms with van der Waals surface area (Å²) in [6, 6.07) is 19.9. The molecular formula is C22H17N9O5. The third kappa shape index (κ3) is 5.82. The molecule has 0 fully saturated rings. The first-order valence-electron chi connectivity index (χ1n) is 10.2. The van der Waals surface area contributed by atoms with Gasteiger partial charge in [0.15, 0.2) is 0 Å². The first kappa shape index (κ1) is 23.5. The van der Waals surface area contributed by atoms with E-state index in [1.165, 1.54) is 0 Å². The number of hydrogen-bond acceptors (Lipinski definition) is 12. The fourth-order valence-corrected chi connectivity index (χ4v) is 2.97. The summed E-state index contributed by atoms with van der Waals surface area (Å²) in [4.78, 5) is 33.3. The van der Waals surface area contributed by atoms with E-state index in [1.54, 1.807) is 0 Å². The molecule has 14 nitrogen and oxygen atoms in total. The molecule has 1 heterocycles. The van der Waals surface area contributed by atoms with Gasteiger partial charge in [0.2, 0.25) is 23.6 Å². The number of benzene rings is 3. The topological polar surface area (TPSA) is 194 Å². The largest absolute Gasteiger partial charge is 0.502 e. The van der Waals surface area contributed by atoms with Crippen molar-refractivity contribution in [2.24, 2.45) is 5.10 Å². The fraction of sp³-hybridized carbons (Fsp3) is 0. The standard InChI is InChI=1S/C22H17N9O5/c32-19-14(11-17(30(33)34)12-18(19)31(35)36)13-23-29-22-27-20(24-15-7-3-1-4-8-15)26-21(28-22)25-16-9-5-2-6-10-16/h1-13,32H,(H3,24,25,26,27,28,29)/b23-13+. The Morgan fingerprint density at radius 2 is 1.31 bits per heavy atom. The second kappa shape index (κ2) is 10.5. The Hall–Kier alpha value is -5.66. The minimum atomic E-state index is -0.928. The van der Waals surface area contributed by atoms with E-state index in [2.05, 4.69) is 36.1 Å². The average Bonchev–Trinajstić information content (AvgIpc) is 2.86. The van der Waals surface area contributed by atoms with Crippen molar-refractivity contribution in [3.63, 3.8) is 0 Å². The van der Waals surface area contributed by atoms with E-state index in [4.69, 9.17) is 0 Å². The van der Waals surface area contributed by atoms with Crippen LogP contribution in [0.1, 0.15) is 5.56 Å². The van der Waals surface area contributed by atoms with Gasteiger partial charge < -0.3 is 15.7 Å². The molecule has 0 aliphatic carbocycles. The smallest absolute Gasteiger partial charge is 0.318 e. The number of phenols is 1. The Kier molecular flexibility index (Phi) is 6.86. The van der Waals surface area contributed by atoms with Crippen LogP contribution < -0.4 is 16.1 Å². The summed E-state index contributed by atoms with van der Waals surface area (Å²) in [6.45, 7) is 0. The molecule has 4 rings (SSSR count). The van der Waals surface area contributed by atoms with Crippen LogP contribution >= 0.6 is 0 Å². The van der Waals surface area contributed by atoms with Crippen molar-refractivity contribution in [3.8, 4) is 5.75 Å². The molecule has 180 valence electrons. The number of anilines is 5. The van der Waals surface area contributed by atoms with Crippen LogP contribution in [0, 0.1) is 20.2 Å². The SMILES string of the molecule is O=[N+]([O-])c1cc(/C=N/Nc2nc(Nc3ccccc3)nc(Nc3ccccc3)n2)c(O)c([N+](=O)[O-])c1. The molecule has 0 saturated heterocycles. The van der Waals surface area contributed by atoms with E-state index in [1.807, 2.05) is 60.7 Å². The lowest BCUT2D eigenvalue weighted by Gasteiger charge is -2.10. The number of nitrogens with zero attached hydrogens (tertiary/aromatic N) is 6. The highest BCUT2D eigenvalue weighted by Crippen LogP contribution is 2.33. The number of hydrogen-bond donors (Lipinski definition) is 4. The number of nitro benzene ring substituents is 2. The van der Waals surface area contributed by atoms with E-state index in [9.17, 15) is 25.3 Å². The summed E-state index contributed by atoms with van der Waals surface area (Å²) in [6.07, 6.45) is 0.980. The molecule has 4 N–H and O–H groups in total. The van der Waals surface area contributed by atoms with Gasteiger partial charge in [-0.15, -0.1) is 0 Å². The zero-order valence-electron chi connectivity index (χ0n) is 18.3. The van der Waals surface area contributed by atoms with Crippen LogP contribution in [-0.4, -0.2) is 36.1 Å². The van der Waals surface area contributed by atoms with Crippen molar-refractivity contribution in [3.05, 3.63) is 98.6 Å². The van der Waals surface area contributed by atoms with Crippen LogP contribution in [0.15, 0.2) is 77.9 Å². The Balaban J connectivity index is 1.63. The Morgan fingerprint density at radius 3 is 1.81 bits per heavy atom. The number of aromatic hydroxyl groups is 1. The maximum Gasteiger partial charge on any atom is 0.318 e. The number of nitro groups is 2. The van der Waals surface area contributed by atoms with E-state index in [0.29, 0.717) is 6.07 Å². The highest BCUT2D eigenvalue weighted by atomic mass is 16.6. The molecule has 0 aliphatic rings. The number of hydrazone groups is 1. The molecule has 0 atom stereocenters. The lowest BCUT2D eigenvalue weighted by atomic mass is 10.1. The lowest BCUT2D eigenvalue weighted by Crippen LogP contribution is -2.07. The van der Waals surface area contributed by atoms with Crippen molar-refractivity contribution < 1.29 is 15.0 Å². The zero-order chi connectivity index (χ0) is 25.5. The van der Waals surface area contributed by atoms with Gasteiger partial charge in [0.25, 0.3) is 5.69 Å². The van der Waals surface area contributed by atoms with Crippen LogP contribution in [0.4, 0.5) is 40.6 Å². The summed E-state index contributed by atoms with van der Waals surface area (Å²) in [5.41, 5.74) is 2.34. The third-order valence-electron chi connectivity index (χ3n) is 4.58. The number of nitrogens with one attached hydrogen (secondary N) is 3. The Labute approximate surface area is 202 Å². The molecule has 0 amide bonds. The second-order valence-electron chi connectivity index (χ2n) is 7.08. The maximum absolute atomic E-state index is 11.1. The van der Waals surface area contributed by atoms with Gasteiger partial charge in [0.05, 0.1) is 27.7 Å². The normalized spacial score (nSPS) is 10.7. The zero-order valence-corrected chi connectivity index (χ0v) is 18.3. The average molecular weight is 487 g/mol. The number of phenolic OH excluding ortho intramolecular Hbond substituents is 1. The van der Waals surface area contributed by atoms with E-state index >= 15 is 0 Å². The second-order valence-corrected chi connectivity index (χ2v) is 7.08. The summed E-state index contributed by atoms with van der Waals surface area (Å²) in [5.74, 6) is -0.426. The van der Waals surface area contributed by atoms with Crippen molar-refractivity contribution in [1.82, 2.24) is 15.0 Å². The Bertz CT molecular complexity index is 1370. The molecule has 1 aromatic heterocycles. The van der Waals surface area contributed by atoms with Gasteiger partial charge in [-0.05, 0) is 24.3 Å². The Morgan fingerprint density at radius 1 is 0.778 bits per heavy atom. The van der Waals surface area contributed by atoms with Gasteiger partial charge in [-0.25, -0.2) is 5.43 Å². The molecule has 0 saturated carbocycles. The molecule has 0 spiro atoms. The van der Waals surface area contributed by atoms with Crippen molar-refractivity contribution in [1.29, 1.82) is 0 Å². The van der Waals surface area contributed by atoms with E-state index in [0.717, 1.165) is 23.7 Å². The highest BCUT2D eigenvalue weighted by Gasteiger charge is 2.23. The van der Waals surface area contributed by atoms with Gasteiger partial charge in [0, 0.05) is 17.4 Å².